The lowest BCUT2D eigenvalue weighted by molar-refractivity contribution is 0.453. The average molecular weight is 248 g/mol. The molecule has 92 valence electrons. The summed E-state index contributed by atoms with van der Waals surface area (Å²) in [5.74, 6) is 1.49. The first-order chi connectivity index (χ1) is 9.38. The first-order valence-corrected chi connectivity index (χ1v) is 6.22. The molecule has 0 fully saturated rings. The number of aromatic nitrogens is 2. The highest BCUT2D eigenvalue weighted by atomic mass is 16.5. The van der Waals surface area contributed by atoms with E-state index < -0.39 is 0 Å². The van der Waals surface area contributed by atoms with Crippen LogP contribution in [0.15, 0.2) is 60.7 Å². The summed E-state index contributed by atoms with van der Waals surface area (Å²) < 4.78 is 5.84. The Kier molecular flexibility index (Phi) is 2.12. The molecule has 2 heterocycles. The van der Waals surface area contributed by atoms with Gasteiger partial charge in [0.1, 0.15) is 0 Å². The molecule has 2 N–H and O–H groups in total. The molecule has 0 spiro atoms. The highest BCUT2D eigenvalue weighted by molar-refractivity contribution is 5.82. The molecule has 0 unspecified atom stereocenters. The number of ether oxygens (including phenoxy) is 1. The van der Waals surface area contributed by atoms with Crippen molar-refractivity contribution >= 4 is 21.8 Å². The van der Waals surface area contributed by atoms with Crippen LogP contribution in [0.4, 0.5) is 0 Å². The van der Waals surface area contributed by atoms with Crippen LogP contribution in [0.1, 0.15) is 0 Å². The molecule has 0 saturated carbocycles. The summed E-state index contributed by atoms with van der Waals surface area (Å²) in [6, 6.07) is 20.2. The van der Waals surface area contributed by atoms with Gasteiger partial charge in [-0.2, -0.15) is 0 Å². The second-order valence-corrected chi connectivity index (χ2v) is 4.54. The van der Waals surface area contributed by atoms with Crippen molar-refractivity contribution in [2.45, 2.75) is 0 Å². The number of hydrogen-bond donors (Lipinski definition) is 2. The molecular weight excluding hydrogens is 236 g/mol. The van der Waals surface area contributed by atoms with E-state index in [1.54, 1.807) is 0 Å². The molecule has 0 aliphatic carbocycles. The summed E-state index contributed by atoms with van der Waals surface area (Å²) in [6.45, 7) is 0. The molecule has 3 nitrogen and oxygen atoms in total. The Morgan fingerprint density at radius 3 is 1.58 bits per heavy atom. The lowest BCUT2D eigenvalue weighted by atomic mass is 10.2. The molecular formula is C16H12N2O. The van der Waals surface area contributed by atoms with Crippen molar-refractivity contribution in [1.29, 1.82) is 0 Å². The normalized spacial score (nSPS) is 11.2. The number of nitrogens with one attached hydrogen (secondary N) is 2. The molecule has 0 aliphatic rings. The Morgan fingerprint density at radius 2 is 1.11 bits per heavy atom. The van der Waals surface area contributed by atoms with E-state index in [0.29, 0.717) is 0 Å². The van der Waals surface area contributed by atoms with Gasteiger partial charge in [-0.3, -0.25) is 0 Å². The molecule has 2 aromatic carbocycles. The Labute approximate surface area is 109 Å². The molecule has 2 aromatic heterocycles. The zero-order chi connectivity index (χ0) is 12.7. The van der Waals surface area contributed by atoms with E-state index in [4.69, 9.17) is 4.74 Å². The van der Waals surface area contributed by atoms with E-state index in [-0.39, 0.29) is 0 Å². The molecule has 0 saturated heterocycles. The van der Waals surface area contributed by atoms with E-state index in [9.17, 15) is 0 Å². The smallest absolute Gasteiger partial charge is 0.200 e. The van der Waals surface area contributed by atoms with Gasteiger partial charge in [0, 0.05) is 33.9 Å². The zero-order valence-electron chi connectivity index (χ0n) is 10.2. The maximum atomic E-state index is 5.84. The van der Waals surface area contributed by atoms with Gasteiger partial charge in [-0.15, -0.1) is 0 Å². The van der Waals surface area contributed by atoms with E-state index in [0.717, 1.165) is 33.6 Å². The van der Waals surface area contributed by atoms with Crippen molar-refractivity contribution in [3.05, 3.63) is 60.7 Å². The highest BCUT2D eigenvalue weighted by Gasteiger charge is 2.05. The largest absolute Gasteiger partial charge is 0.425 e. The fourth-order valence-electron chi connectivity index (χ4n) is 2.32. The second-order valence-electron chi connectivity index (χ2n) is 4.54. The van der Waals surface area contributed by atoms with Crippen LogP contribution < -0.4 is 4.74 Å². The summed E-state index contributed by atoms with van der Waals surface area (Å²) in [5, 5.41) is 2.29. The van der Waals surface area contributed by atoms with Gasteiger partial charge in [0.15, 0.2) is 11.8 Å². The van der Waals surface area contributed by atoms with Crippen LogP contribution in [0.3, 0.4) is 0 Å². The SMILES string of the molecule is c1ccc2[nH]c(Oc3cc4ccccc4[nH]3)cc2c1. The maximum absolute atomic E-state index is 5.84. The van der Waals surface area contributed by atoms with Crippen LogP contribution in [0, 0.1) is 0 Å². The minimum atomic E-state index is 0.743. The van der Waals surface area contributed by atoms with E-state index in [1.165, 1.54) is 0 Å². The monoisotopic (exact) mass is 248 g/mol. The van der Waals surface area contributed by atoms with Gasteiger partial charge in [0.2, 0.25) is 0 Å². The topological polar surface area (TPSA) is 40.8 Å². The van der Waals surface area contributed by atoms with Crippen molar-refractivity contribution < 1.29 is 4.74 Å². The number of fused-ring (bicyclic) bond motifs is 2. The average Bonchev–Trinajstić information content (AvgIpc) is 3.00. The quantitative estimate of drug-likeness (QED) is 0.541. The summed E-state index contributed by atoms with van der Waals surface area (Å²) in [5.41, 5.74) is 2.15. The Morgan fingerprint density at radius 1 is 0.632 bits per heavy atom. The van der Waals surface area contributed by atoms with Crippen molar-refractivity contribution in [2.24, 2.45) is 0 Å². The fourth-order valence-corrected chi connectivity index (χ4v) is 2.32. The lowest BCUT2D eigenvalue weighted by Crippen LogP contribution is -1.82. The minimum Gasteiger partial charge on any atom is -0.425 e. The Hall–Kier alpha value is -2.68. The summed E-state index contributed by atoms with van der Waals surface area (Å²) in [7, 11) is 0. The van der Waals surface area contributed by atoms with Crippen LogP contribution in [0.2, 0.25) is 0 Å². The third-order valence-electron chi connectivity index (χ3n) is 3.23. The third kappa shape index (κ3) is 1.76. The molecule has 4 rings (SSSR count). The van der Waals surface area contributed by atoms with Gasteiger partial charge in [-0.05, 0) is 12.1 Å². The first-order valence-electron chi connectivity index (χ1n) is 6.22. The molecule has 0 aliphatic heterocycles. The third-order valence-corrected chi connectivity index (χ3v) is 3.23. The van der Waals surface area contributed by atoms with Crippen LogP contribution in [0.25, 0.3) is 21.8 Å². The predicted molar refractivity (Wildman–Crippen MR) is 76.7 cm³/mol. The number of H-pyrrole nitrogens is 2. The van der Waals surface area contributed by atoms with Gasteiger partial charge in [-0.1, -0.05) is 36.4 Å². The number of para-hydroxylation sites is 2. The molecule has 0 amide bonds. The van der Waals surface area contributed by atoms with E-state index in [2.05, 4.69) is 22.1 Å². The van der Waals surface area contributed by atoms with Crippen LogP contribution in [-0.4, -0.2) is 9.97 Å². The van der Waals surface area contributed by atoms with Crippen molar-refractivity contribution in [1.82, 2.24) is 9.97 Å². The van der Waals surface area contributed by atoms with Gasteiger partial charge in [0.25, 0.3) is 0 Å². The fraction of sp³-hybridized carbons (Fsp3) is 0. The van der Waals surface area contributed by atoms with Crippen LogP contribution in [-0.2, 0) is 0 Å². The summed E-state index contributed by atoms with van der Waals surface area (Å²) >= 11 is 0. The zero-order valence-corrected chi connectivity index (χ0v) is 10.2. The van der Waals surface area contributed by atoms with Crippen LogP contribution in [0.5, 0.6) is 11.8 Å². The van der Waals surface area contributed by atoms with Gasteiger partial charge < -0.3 is 14.7 Å². The molecule has 3 heteroatoms. The van der Waals surface area contributed by atoms with Gasteiger partial charge in [-0.25, -0.2) is 0 Å². The second kappa shape index (κ2) is 3.92. The molecule has 0 atom stereocenters. The summed E-state index contributed by atoms with van der Waals surface area (Å²) in [4.78, 5) is 6.49. The molecule has 0 bridgehead atoms. The van der Waals surface area contributed by atoms with Gasteiger partial charge in [0.05, 0.1) is 0 Å². The Balaban J connectivity index is 1.73. The minimum absolute atomic E-state index is 0.743. The van der Waals surface area contributed by atoms with Crippen molar-refractivity contribution in [3.63, 3.8) is 0 Å². The number of hydrogen-bond acceptors (Lipinski definition) is 1. The Bertz CT molecular complexity index is 719. The highest BCUT2D eigenvalue weighted by Crippen LogP contribution is 2.27. The number of aromatic amines is 2. The standard InChI is InChI=1S/C16H12N2O/c1-3-7-13-11(5-1)9-15(17-13)19-16-10-12-6-2-4-8-14(12)18-16/h1-10,17-18H. The lowest BCUT2D eigenvalue weighted by Gasteiger charge is -1.97. The molecule has 0 radical (unpaired) electrons. The van der Waals surface area contributed by atoms with Crippen molar-refractivity contribution in [3.8, 4) is 11.8 Å². The number of benzene rings is 2. The van der Waals surface area contributed by atoms with E-state index >= 15 is 0 Å². The predicted octanol–water partition coefficient (Wildman–Crippen LogP) is 4.44. The van der Waals surface area contributed by atoms with E-state index in [1.807, 2.05) is 48.5 Å². The first kappa shape index (κ1) is 10.3. The molecule has 4 aromatic rings. The van der Waals surface area contributed by atoms with Crippen LogP contribution >= 0.6 is 0 Å². The van der Waals surface area contributed by atoms with Gasteiger partial charge >= 0.3 is 0 Å². The maximum Gasteiger partial charge on any atom is 0.200 e. The molecule has 19 heavy (non-hydrogen) atoms. The number of rotatable bonds is 2. The summed E-state index contributed by atoms with van der Waals surface area (Å²) in [6.07, 6.45) is 0. The van der Waals surface area contributed by atoms with Crippen molar-refractivity contribution in [2.75, 3.05) is 0 Å².